The van der Waals surface area contributed by atoms with Crippen molar-refractivity contribution in [2.75, 3.05) is 0 Å². The van der Waals surface area contributed by atoms with Crippen LogP contribution in [0.5, 0.6) is 0 Å². The van der Waals surface area contributed by atoms with Gasteiger partial charge in [-0.2, -0.15) is 0 Å². The largest absolute Gasteiger partial charge is 0.348 e. The molecule has 4 rings (SSSR count). The van der Waals surface area contributed by atoms with E-state index in [1.165, 1.54) is 22.3 Å². The van der Waals surface area contributed by atoms with Crippen LogP contribution in [0.4, 0.5) is 0 Å². The summed E-state index contributed by atoms with van der Waals surface area (Å²) >= 11 is 0. The molecule has 0 saturated heterocycles. The van der Waals surface area contributed by atoms with Gasteiger partial charge >= 0.3 is 0 Å². The first-order valence-electron chi connectivity index (χ1n) is 7.99. The summed E-state index contributed by atoms with van der Waals surface area (Å²) in [6, 6.07) is 16.8. The Hall–Kier alpha value is -2.13. The van der Waals surface area contributed by atoms with Gasteiger partial charge < -0.3 is 10.6 Å². The van der Waals surface area contributed by atoms with Crippen molar-refractivity contribution < 1.29 is 4.79 Å². The highest BCUT2D eigenvalue weighted by molar-refractivity contribution is 5.83. The maximum Gasteiger partial charge on any atom is 0.237 e. The molecule has 0 fully saturated rings. The van der Waals surface area contributed by atoms with Crippen LogP contribution in [0.25, 0.3) is 0 Å². The second-order valence-electron chi connectivity index (χ2n) is 6.20. The third-order valence-electron chi connectivity index (χ3n) is 4.85. The lowest BCUT2D eigenvalue weighted by Crippen LogP contribution is -2.48. The van der Waals surface area contributed by atoms with Crippen LogP contribution in [0.2, 0.25) is 0 Å². The number of benzene rings is 2. The summed E-state index contributed by atoms with van der Waals surface area (Å²) < 4.78 is 0. The fourth-order valence-electron chi connectivity index (χ4n) is 3.62. The number of aryl methyl sites for hydroxylation is 1. The van der Waals surface area contributed by atoms with Crippen molar-refractivity contribution in [1.82, 2.24) is 10.6 Å². The van der Waals surface area contributed by atoms with Crippen LogP contribution in [-0.2, 0) is 24.2 Å². The zero-order valence-corrected chi connectivity index (χ0v) is 12.5. The van der Waals surface area contributed by atoms with Gasteiger partial charge in [-0.1, -0.05) is 48.5 Å². The van der Waals surface area contributed by atoms with Gasteiger partial charge in [0.05, 0.1) is 12.1 Å². The lowest BCUT2D eigenvalue weighted by molar-refractivity contribution is -0.124. The van der Waals surface area contributed by atoms with E-state index in [2.05, 4.69) is 53.1 Å². The van der Waals surface area contributed by atoms with Crippen LogP contribution in [0.1, 0.15) is 34.7 Å². The molecule has 1 aliphatic heterocycles. The second-order valence-corrected chi connectivity index (χ2v) is 6.20. The highest BCUT2D eigenvalue weighted by atomic mass is 16.2. The third-order valence-corrected chi connectivity index (χ3v) is 4.85. The summed E-state index contributed by atoms with van der Waals surface area (Å²) in [6.07, 6.45) is 2.84. The monoisotopic (exact) mass is 292 g/mol. The van der Waals surface area contributed by atoms with E-state index in [1.807, 2.05) is 6.07 Å². The topological polar surface area (TPSA) is 41.1 Å². The van der Waals surface area contributed by atoms with Gasteiger partial charge in [0.2, 0.25) is 5.91 Å². The minimum absolute atomic E-state index is 0.121. The molecule has 0 radical (unpaired) electrons. The first-order valence-corrected chi connectivity index (χ1v) is 7.99. The SMILES string of the molecule is O=C(NC1CCc2ccccc21)C1Cc2ccccc2CN1. The predicted octanol–water partition coefficient (Wildman–Crippen LogP) is 2.50. The van der Waals surface area contributed by atoms with Gasteiger partial charge in [-0.3, -0.25) is 4.79 Å². The number of rotatable bonds is 2. The van der Waals surface area contributed by atoms with Gasteiger partial charge in [0.25, 0.3) is 0 Å². The van der Waals surface area contributed by atoms with Crippen LogP contribution in [0.3, 0.4) is 0 Å². The van der Waals surface area contributed by atoms with Crippen molar-refractivity contribution in [3.8, 4) is 0 Å². The minimum Gasteiger partial charge on any atom is -0.348 e. The van der Waals surface area contributed by atoms with Crippen molar-refractivity contribution in [3.63, 3.8) is 0 Å². The standard InChI is InChI=1S/C19H20N2O/c22-19(18-11-14-6-1-2-7-15(14)12-20-18)21-17-10-9-13-5-3-4-8-16(13)17/h1-8,17-18,20H,9-12H2,(H,21,22). The summed E-state index contributed by atoms with van der Waals surface area (Å²) in [5.41, 5.74) is 5.24. The molecule has 22 heavy (non-hydrogen) atoms. The molecule has 2 aromatic rings. The van der Waals surface area contributed by atoms with Gasteiger partial charge in [0, 0.05) is 6.54 Å². The number of carbonyl (C=O) groups is 1. The number of hydrogen-bond donors (Lipinski definition) is 2. The zero-order chi connectivity index (χ0) is 14.9. The Labute approximate surface area is 130 Å². The first-order chi connectivity index (χ1) is 10.8. The summed E-state index contributed by atoms with van der Waals surface area (Å²) in [5, 5.41) is 6.60. The highest BCUT2D eigenvalue weighted by Crippen LogP contribution is 2.30. The Kier molecular flexibility index (Phi) is 3.43. The Morgan fingerprint density at radius 1 is 1.00 bits per heavy atom. The van der Waals surface area contributed by atoms with Crippen LogP contribution < -0.4 is 10.6 Å². The minimum atomic E-state index is -0.123. The van der Waals surface area contributed by atoms with E-state index in [4.69, 9.17) is 0 Å². The summed E-state index contributed by atoms with van der Waals surface area (Å²) in [5.74, 6) is 0.121. The zero-order valence-electron chi connectivity index (χ0n) is 12.5. The molecule has 3 nitrogen and oxygen atoms in total. The molecule has 2 N–H and O–H groups in total. The maximum atomic E-state index is 12.6. The Morgan fingerprint density at radius 2 is 1.73 bits per heavy atom. The van der Waals surface area contributed by atoms with E-state index in [0.717, 1.165) is 25.8 Å². The van der Waals surface area contributed by atoms with E-state index >= 15 is 0 Å². The Bertz CT molecular complexity index is 710. The molecular weight excluding hydrogens is 272 g/mol. The molecular formula is C19H20N2O. The molecule has 1 heterocycles. The van der Waals surface area contributed by atoms with Crippen LogP contribution in [-0.4, -0.2) is 11.9 Å². The lowest BCUT2D eigenvalue weighted by atomic mass is 9.95. The molecule has 3 heteroatoms. The van der Waals surface area contributed by atoms with E-state index in [9.17, 15) is 4.79 Å². The molecule has 2 atom stereocenters. The predicted molar refractivity (Wildman–Crippen MR) is 86.4 cm³/mol. The average Bonchev–Trinajstić information content (AvgIpc) is 2.97. The fourth-order valence-corrected chi connectivity index (χ4v) is 3.62. The fraction of sp³-hybridized carbons (Fsp3) is 0.316. The Morgan fingerprint density at radius 3 is 2.59 bits per heavy atom. The van der Waals surface area contributed by atoms with Crippen molar-refractivity contribution in [1.29, 1.82) is 0 Å². The van der Waals surface area contributed by atoms with E-state index < -0.39 is 0 Å². The number of hydrogen-bond acceptors (Lipinski definition) is 2. The number of amides is 1. The van der Waals surface area contributed by atoms with E-state index in [1.54, 1.807) is 0 Å². The molecule has 0 saturated carbocycles. The summed E-state index contributed by atoms with van der Waals surface area (Å²) in [4.78, 5) is 12.6. The molecule has 0 aromatic heterocycles. The maximum absolute atomic E-state index is 12.6. The lowest BCUT2D eigenvalue weighted by Gasteiger charge is -2.26. The molecule has 0 spiro atoms. The number of carbonyl (C=O) groups excluding carboxylic acids is 1. The Balaban J connectivity index is 1.46. The van der Waals surface area contributed by atoms with Crippen molar-refractivity contribution in [2.24, 2.45) is 0 Å². The van der Waals surface area contributed by atoms with Crippen LogP contribution in [0, 0.1) is 0 Å². The van der Waals surface area contributed by atoms with E-state index in [-0.39, 0.29) is 18.0 Å². The summed E-state index contributed by atoms with van der Waals surface area (Å²) in [7, 11) is 0. The van der Waals surface area contributed by atoms with Gasteiger partial charge in [-0.05, 0) is 41.5 Å². The molecule has 1 aliphatic carbocycles. The molecule has 2 unspecified atom stereocenters. The normalized spacial score (nSPS) is 22.7. The van der Waals surface area contributed by atoms with Crippen molar-refractivity contribution in [3.05, 3.63) is 70.8 Å². The molecule has 0 bridgehead atoms. The van der Waals surface area contributed by atoms with E-state index in [0.29, 0.717) is 0 Å². The summed E-state index contributed by atoms with van der Waals surface area (Å²) in [6.45, 7) is 0.773. The molecule has 2 aromatic carbocycles. The van der Waals surface area contributed by atoms with Gasteiger partial charge in [-0.25, -0.2) is 0 Å². The molecule has 112 valence electrons. The third kappa shape index (κ3) is 2.42. The van der Waals surface area contributed by atoms with Crippen molar-refractivity contribution >= 4 is 5.91 Å². The van der Waals surface area contributed by atoms with Gasteiger partial charge in [-0.15, -0.1) is 0 Å². The molecule has 2 aliphatic rings. The van der Waals surface area contributed by atoms with Crippen LogP contribution >= 0.6 is 0 Å². The van der Waals surface area contributed by atoms with Gasteiger partial charge in [0.1, 0.15) is 0 Å². The first kappa shape index (κ1) is 13.5. The number of fused-ring (bicyclic) bond motifs is 2. The smallest absolute Gasteiger partial charge is 0.237 e. The van der Waals surface area contributed by atoms with Crippen LogP contribution in [0.15, 0.2) is 48.5 Å². The molecule has 1 amide bonds. The average molecular weight is 292 g/mol. The van der Waals surface area contributed by atoms with Crippen molar-refractivity contribution in [2.45, 2.75) is 37.9 Å². The quantitative estimate of drug-likeness (QED) is 0.893. The second kappa shape index (κ2) is 5.58. The van der Waals surface area contributed by atoms with Gasteiger partial charge in [0.15, 0.2) is 0 Å². The number of nitrogens with one attached hydrogen (secondary N) is 2. The highest BCUT2D eigenvalue weighted by Gasteiger charge is 2.28.